The van der Waals surface area contributed by atoms with Crippen molar-refractivity contribution in [2.24, 2.45) is 5.73 Å². The van der Waals surface area contributed by atoms with Crippen LogP contribution in [0.1, 0.15) is 18.3 Å². The fraction of sp³-hybridized carbons (Fsp3) is 0.400. The van der Waals surface area contributed by atoms with E-state index in [1.54, 1.807) is 0 Å². The molecule has 3 nitrogen and oxygen atoms in total. The first-order valence-electron chi connectivity index (χ1n) is 6.78. The summed E-state index contributed by atoms with van der Waals surface area (Å²) in [5, 5.41) is 0.472. The van der Waals surface area contributed by atoms with Gasteiger partial charge in [0.25, 0.3) is 0 Å². The third-order valence-corrected chi connectivity index (χ3v) is 5.18. The van der Waals surface area contributed by atoms with Gasteiger partial charge in [0.05, 0.1) is 0 Å². The van der Waals surface area contributed by atoms with Crippen molar-refractivity contribution in [1.29, 1.82) is 0 Å². The Hall–Kier alpha value is -1.26. The summed E-state index contributed by atoms with van der Waals surface area (Å²) in [4.78, 5) is 5.81. The molecule has 0 saturated carbocycles. The number of aromatic nitrogens is 2. The van der Waals surface area contributed by atoms with Gasteiger partial charge in [-0.3, -0.25) is 0 Å². The molecule has 1 aliphatic heterocycles. The van der Waals surface area contributed by atoms with Gasteiger partial charge in [-0.1, -0.05) is 18.2 Å². The molecule has 0 aliphatic carbocycles. The van der Waals surface area contributed by atoms with Crippen molar-refractivity contribution in [3.63, 3.8) is 0 Å². The van der Waals surface area contributed by atoms with Crippen molar-refractivity contribution in [1.82, 2.24) is 9.55 Å². The molecule has 3 rings (SSSR count). The van der Waals surface area contributed by atoms with E-state index in [9.17, 15) is 0 Å². The third kappa shape index (κ3) is 2.55. The summed E-state index contributed by atoms with van der Waals surface area (Å²) < 4.78 is 2.17. The summed E-state index contributed by atoms with van der Waals surface area (Å²) in [6, 6.07) is 8.77. The zero-order valence-electron chi connectivity index (χ0n) is 11.1. The lowest BCUT2D eigenvalue weighted by Gasteiger charge is -2.18. The van der Waals surface area contributed by atoms with Gasteiger partial charge in [-0.05, 0) is 25.0 Å². The molecule has 19 heavy (non-hydrogen) atoms. The second-order valence-corrected chi connectivity index (χ2v) is 6.25. The summed E-state index contributed by atoms with van der Waals surface area (Å²) in [7, 11) is 0. The van der Waals surface area contributed by atoms with E-state index < -0.39 is 0 Å². The molecule has 2 N–H and O–H groups in total. The molecule has 100 valence electrons. The average Bonchev–Trinajstić information content (AvgIpc) is 3.03. The molecule has 2 heterocycles. The van der Waals surface area contributed by atoms with E-state index in [1.165, 1.54) is 10.5 Å². The number of rotatable bonds is 4. The number of aryl methyl sites for hydroxylation is 1. The molecule has 1 aliphatic rings. The van der Waals surface area contributed by atoms with Gasteiger partial charge in [0.15, 0.2) is 0 Å². The van der Waals surface area contributed by atoms with E-state index in [0.717, 1.165) is 25.2 Å². The fourth-order valence-corrected chi connectivity index (χ4v) is 3.93. The van der Waals surface area contributed by atoms with Crippen molar-refractivity contribution in [2.75, 3.05) is 0 Å². The van der Waals surface area contributed by atoms with Crippen LogP contribution in [0.4, 0.5) is 0 Å². The van der Waals surface area contributed by atoms with E-state index in [4.69, 9.17) is 5.73 Å². The Bertz CT molecular complexity index is 539. The minimum Gasteiger partial charge on any atom is -0.335 e. The van der Waals surface area contributed by atoms with Crippen molar-refractivity contribution in [3.05, 3.63) is 48.0 Å². The van der Waals surface area contributed by atoms with Crippen LogP contribution < -0.4 is 5.73 Å². The third-order valence-electron chi connectivity index (χ3n) is 3.71. The van der Waals surface area contributed by atoms with Gasteiger partial charge in [0, 0.05) is 41.5 Å². The van der Waals surface area contributed by atoms with Crippen LogP contribution in [-0.2, 0) is 19.4 Å². The quantitative estimate of drug-likeness (QED) is 0.931. The van der Waals surface area contributed by atoms with Gasteiger partial charge in [0.1, 0.15) is 5.82 Å². The van der Waals surface area contributed by atoms with Crippen molar-refractivity contribution >= 4 is 11.8 Å². The van der Waals surface area contributed by atoms with Crippen LogP contribution in [-0.4, -0.2) is 20.8 Å². The van der Waals surface area contributed by atoms with Crippen LogP contribution in [0.2, 0.25) is 0 Å². The van der Waals surface area contributed by atoms with Crippen LogP contribution in [0.25, 0.3) is 0 Å². The molecule has 0 bridgehead atoms. The molecule has 2 atom stereocenters. The molecule has 1 aromatic heterocycles. The maximum Gasteiger partial charge on any atom is 0.110 e. The summed E-state index contributed by atoms with van der Waals surface area (Å²) in [6.07, 6.45) is 5.82. The van der Waals surface area contributed by atoms with Crippen molar-refractivity contribution < 1.29 is 0 Å². The van der Waals surface area contributed by atoms with Crippen molar-refractivity contribution in [3.8, 4) is 0 Å². The zero-order valence-corrected chi connectivity index (χ0v) is 11.9. The molecule has 0 radical (unpaired) electrons. The Balaban J connectivity index is 1.68. The highest BCUT2D eigenvalue weighted by Crippen LogP contribution is 2.38. The molecule has 4 heteroatoms. The standard InChI is InChI=1S/C15H19N3S/c1-2-18-8-7-17-15(18)10-12(16)14-9-11-5-3-4-6-13(11)19-14/h3-8,12,14H,2,9-10,16H2,1H3. The number of thioether (sulfide) groups is 1. The Labute approximate surface area is 118 Å². The Morgan fingerprint density at radius 1 is 1.47 bits per heavy atom. The lowest BCUT2D eigenvalue weighted by molar-refractivity contribution is 0.584. The predicted octanol–water partition coefficient (Wildman–Crippen LogP) is 2.49. The maximum atomic E-state index is 6.40. The van der Waals surface area contributed by atoms with E-state index in [2.05, 4.69) is 40.7 Å². The molecule has 2 unspecified atom stereocenters. The summed E-state index contributed by atoms with van der Waals surface area (Å²) in [6.45, 7) is 3.09. The maximum absolute atomic E-state index is 6.40. The first-order valence-corrected chi connectivity index (χ1v) is 7.66. The monoisotopic (exact) mass is 273 g/mol. The topological polar surface area (TPSA) is 43.8 Å². The smallest absolute Gasteiger partial charge is 0.110 e. The van der Waals surface area contributed by atoms with Crippen LogP contribution in [0.5, 0.6) is 0 Å². The van der Waals surface area contributed by atoms with Gasteiger partial charge in [-0.25, -0.2) is 4.98 Å². The lowest BCUT2D eigenvalue weighted by Crippen LogP contribution is -2.35. The Kier molecular flexibility index (Phi) is 3.62. The number of fused-ring (bicyclic) bond motifs is 1. The van der Waals surface area contributed by atoms with Gasteiger partial charge < -0.3 is 10.3 Å². The lowest BCUT2D eigenvalue weighted by atomic mass is 10.0. The molecule has 1 aromatic carbocycles. The number of benzene rings is 1. The Morgan fingerprint density at radius 3 is 3.11 bits per heavy atom. The molecule has 0 amide bonds. The van der Waals surface area contributed by atoms with Crippen LogP contribution >= 0.6 is 11.8 Å². The Morgan fingerprint density at radius 2 is 2.32 bits per heavy atom. The van der Waals surface area contributed by atoms with Gasteiger partial charge in [-0.2, -0.15) is 0 Å². The molecular weight excluding hydrogens is 254 g/mol. The highest BCUT2D eigenvalue weighted by Gasteiger charge is 2.27. The summed E-state index contributed by atoms with van der Waals surface area (Å²) in [5.41, 5.74) is 7.84. The largest absolute Gasteiger partial charge is 0.335 e. The van der Waals surface area contributed by atoms with Gasteiger partial charge in [-0.15, -0.1) is 11.8 Å². The van der Waals surface area contributed by atoms with Crippen LogP contribution in [0.3, 0.4) is 0 Å². The van der Waals surface area contributed by atoms with E-state index in [0.29, 0.717) is 5.25 Å². The molecule has 2 aromatic rings. The normalized spacial score (nSPS) is 19.4. The van der Waals surface area contributed by atoms with Crippen LogP contribution in [0, 0.1) is 0 Å². The van der Waals surface area contributed by atoms with E-state index in [-0.39, 0.29) is 6.04 Å². The molecule has 0 saturated heterocycles. The zero-order chi connectivity index (χ0) is 13.2. The van der Waals surface area contributed by atoms with Gasteiger partial charge in [0.2, 0.25) is 0 Å². The second kappa shape index (κ2) is 5.39. The number of hydrogen-bond donors (Lipinski definition) is 1. The number of nitrogens with zero attached hydrogens (tertiary/aromatic N) is 2. The first-order chi connectivity index (χ1) is 9.28. The minimum atomic E-state index is 0.157. The molecule has 0 spiro atoms. The average molecular weight is 273 g/mol. The minimum absolute atomic E-state index is 0.157. The highest BCUT2D eigenvalue weighted by atomic mass is 32.2. The molecule has 0 fully saturated rings. The molecular formula is C15H19N3S. The van der Waals surface area contributed by atoms with E-state index in [1.807, 2.05) is 24.2 Å². The second-order valence-electron chi connectivity index (χ2n) is 4.97. The van der Waals surface area contributed by atoms with E-state index >= 15 is 0 Å². The SMILES string of the molecule is CCn1ccnc1CC(N)C1Cc2ccccc2S1. The summed E-state index contributed by atoms with van der Waals surface area (Å²) >= 11 is 1.92. The van der Waals surface area contributed by atoms with Crippen LogP contribution in [0.15, 0.2) is 41.6 Å². The number of nitrogens with two attached hydrogens (primary N) is 1. The first kappa shape index (κ1) is 12.8. The summed E-state index contributed by atoms with van der Waals surface area (Å²) in [5.74, 6) is 1.10. The predicted molar refractivity (Wildman–Crippen MR) is 79.4 cm³/mol. The highest BCUT2D eigenvalue weighted by molar-refractivity contribution is 8.00. The van der Waals surface area contributed by atoms with Gasteiger partial charge >= 0.3 is 0 Å². The number of imidazole rings is 1. The number of hydrogen-bond acceptors (Lipinski definition) is 3. The fourth-order valence-electron chi connectivity index (χ4n) is 2.61. The van der Waals surface area contributed by atoms with Crippen molar-refractivity contribution in [2.45, 2.75) is 42.5 Å².